The number of fused-ring (bicyclic) bond motifs is 4. The number of nitrogens with zero attached hydrogens (tertiary/aromatic N) is 2. The number of piperidine rings is 2. The SMILES string of the molecule is COc1ccc(OC)c2c1CCN1C(=O)[C@@H]3CCCN(C(=O)NCCc4ccccc4)[C@@H]3C[C@@H]21. The van der Waals surface area contributed by atoms with Gasteiger partial charge in [0.2, 0.25) is 5.91 Å². The molecule has 2 saturated heterocycles. The molecule has 2 aromatic carbocycles. The van der Waals surface area contributed by atoms with Crippen LogP contribution in [0.2, 0.25) is 0 Å². The number of methoxy groups -OCH3 is 2. The summed E-state index contributed by atoms with van der Waals surface area (Å²) in [4.78, 5) is 30.8. The van der Waals surface area contributed by atoms with Crippen LogP contribution in [0.3, 0.4) is 0 Å². The molecule has 0 aliphatic carbocycles. The summed E-state index contributed by atoms with van der Waals surface area (Å²) in [6, 6.07) is 13.7. The first-order valence-corrected chi connectivity index (χ1v) is 12.2. The molecule has 0 unspecified atom stereocenters. The summed E-state index contributed by atoms with van der Waals surface area (Å²) in [6.07, 6.45) is 3.94. The van der Waals surface area contributed by atoms with E-state index in [0.717, 1.165) is 54.7 Å². The molecule has 7 heteroatoms. The molecule has 1 N–H and O–H groups in total. The van der Waals surface area contributed by atoms with Gasteiger partial charge in [-0.1, -0.05) is 30.3 Å². The first-order chi connectivity index (χ1) is 16.6. The Bertz CT molecular complexity index is 1060. The smallest absolute Gasteiger partial charge is 0.317 e. The van der Waals surface area contributed by atoms with E-state index in [9.17, 15) is 9.59 Å². The van der Waals surface area contributed by atoms with Gasteiger partial charge in [-0.2, -0.15) is 0 Å². The number of urea groups is 1. The maximum absolute atomic E-state index is 13.6. The summed E-state index contributed by atoms with van der Waals surface area (Å²) in [7, 11) is 3.35. The third-order valence-electron chi connectivity index (χ3n) is 7.66. The van der Waals surface area contributed by atoms with Gasteiger partial charge in [-0.15, -0.1) is 0 Å². The lowest BCUT2D eigenvalue weighted by Gasteiger charge is -2.51. The summed E-state index contributed by atoms with van der Waals surface area (Å²) in [5.41, 5.74) is 3.35. The molecule has 3 heterocycles. The molecule has 0 radical (unpaired) electrons. The largest absolute Gasteiger partial charge is 0.496 e. The predicted octanol–water partition coefficient (Wildman–Crippen LogP) is 3.57. The molecular weight excluding hydrogens is 430 g/mol. The highest BCUT2D eigenvalue weighted by molar-refractivity contribution is 5.84. The molecule has 2 aromatic rings. The second-order valence-electron chi connectivity index (χ2n) is 9.37. The molecule has 180 valence electrons. The summed E-state index contributed by atoms with van der Waals surface area (Å²) >= 11 is 0. The second kappa shape index (κ2) is 9.57. The normalized spacial score (nSPS) is 23.5. The number of hydrogen-bond acceptors (Lipinski definition) is 4. The van der Waals surface area contributed by atoms with Crippen LogP contribution in [0.25, 0.3) is 0 Å². The Morgan fingerprint density at radius 2 is 1.82 bits per heavy atom. The van der Waals surface area contributed by atoms with Crippen LogP contribution in [-0.2, 0) is 17.6 Å². The number of rotatable bonds is 5. The van der Waals surface area contributed by atoms with Crippen LogP contribution < -0.4 is 14.8 Å². The first-order valence-electron chi connectivity index (χ1n) is 12.2. The van der Waals surface area contributed by atoms with E-state index < -0.39 is 0 Å². The summed E-state index contributed by atoms with van der Waals surface area (Å²) < 4.78 is 11.3. The van der Waals surface area contributed by atoms with E-state index in [1.54, 1.807) is 14.2 Å². The van der Waals surface area contributed by atoms with E-state index in [1.807, 2.05) is 40.1 Å². The number of ether oxygens (including phenoxy) is 2. The topological polar surface area (TPSA) is 71.1 Å². The van der Waals surface area contributed by atoms with Crippen molar-refractivity contribution in [3.05, 3.63) is 59.2 Å². The average molecular weight is 464 g/mol. The van der Waals surface area contributed by atoms with Gasteiger partial charge in [-0.05, 0) is 49.8 Å². The Hall–Kier alpha value is -3.22. The maximum Gasteiger partial charge on any atom is 0.317 e. The molecule has 3 aliphatic heterocycles. The van der Waals surface area contributed by atoms with Crippen LogP contribution in [0.4, 0.5) is 4.79 Å². The van der Waals surface area contributed by atoms with Crippen molar-refractivity contribution in [3.8, 4) is 11.5 Å². The van der Waals surface area contributed by atoms with Crippen molar-refractivity contribution in [2.75, 3.05) is 33.9 Å². The van der Waals surface area contributed by atoms with Crippen LogP contribution in [-0.4, -0.2) is 61.6 Å². The van der Waals surface area contributed by atoms with Gasteiger partial charge < -0.3 is 24.6 Å². The maximum atomic E-state index is 13.6. The molecule has 3 aliphatic rings. The Kier molecular flexibility index (Phi) is 6.35. The van der Waals surface area contributed by atoms with Gasteiger partial charge >= 0.3 is 6.03 Å². The molecule has 5 rings (SSSR count). The van der Waals surface area contributed by atoms with Gasteiger partial charge in [-0.3, -0.25) is 4.79 Å². The number of carbonyl (C=O) groups is 2. The molecule has 0 saturated carbocycles. The van der Waals surface area contributed by atoms with Crippen LogP contribution in [0, 0.1) is 5.92 Å². The number of nitrogens with one attached hydrogen (secondary N) is 1. The van der Waals surface area contributed by atoms with E-state index in [4.69, 9.17) is 9.47 Å². The molecule has 3 atom stereocenters. The zero-order valence-corrected chi connectivity index (χ0v) is 20.0. The van der Waals surface area contributed by atoms with Gasteiger partial charge in [0.15, 0.2) is 0 Å². The lowest BCUT2D eigenvalue weighted by molar-refractivity contribution is -0.148. The molecule has 0 spiro atoms. The van der Waals surface area contributed by atoms with Gasteiger partial charge in [0.1, 0.15) is 11.5 Å². The Labute approximate surface area is 201 Å². The van der Waals surface area contributed by atoms with Crippen LogP contribution in [0.5, 0.6) is 11.5 Å². The minimum Gasteiger partial charge on any atom is -0.496 e. The van der Waals surface area contributed by atoms with E-state index in [2.05, 4.69) is 17.4 Å². The van der Waals surface area contributed by atoms with Crippen LogP contribution in [0.1, 0.15) is 42.0 Å². The Morgan fingerprint density at radius 1 is 1.06 bits per heavy atom. The van der Waals surface area contributed by atoms with Crippen LogP contribution >= 0.6 is 0 Å². The van der Waals surface area contributed by atoms with Gasteiger partial charge in [0.25, 0.3) is 0 Å². The zero-order valence-electron chi connectivity index (χ0n) is 20.0. The molecule has 2 fully saturated rings. The van der Waals surface area contributed by atoms with Gasteiger partial charge in [0, 0.05) is 36.8 Å². The fourth-order valence-electron chi connectivity index (χ4n) is 6.06. The highest BCUT2D eigenvalue weighted by atomic mass is 16.5. The highest BCUT2D eigenvalue weighted by Crippen LogP contribution is 2.48. The van der Waals surface area contributed by atoms with E-state index in [1.165, 1.54) is 5.56 Å². The summed E-state index contributed by atoms with van der Waals surface area (Å²) in [6.45, 7) is 1.93. The van der Waals surface area contributed by atoms with Crippen molar-refractivity contribution in [2.24, 2.45) is 5.92 Å². The van der Waals surface area contributed by atoms with Crippen molar-refractivity contribution in [2.45, 2.75) is 44.2 Å². The van der Waals surface area contributed by atoms with Crippen molar-refractivity contribution >= 4 is 11.9 Å². The number of hydrogen-bond donors (Lipinski definition) is 1. The second-order valence-corrected chi connectivity index (χ2v) is 9.37. The van der Waals surface area contributed by atoms with Crippen molar-refractivity contribution < 1.29 is 19.1 Å². The van der Waals surface area contributed by atoms with Gasteiger partial charge in [0.05, 0.1) is 26.2 Å². The molecule has 0 aromatic heterocycles. The molecule has 7 nitrogen and oxygen atoms in total. The summed E-state index contributed by atoms with van der Waals surface area (Å²) in [5, 5.41) is 3.10. The zero-order chi connectivity index (χ0) is 23.7. The Balaban J connectivity index is 1.37. The average Bonchev–Trinajstić information content (AvgIpc) is 2.88. The minimum atomic E-state index is -0.136. The third-order valence-corrected chi connectivity index (χ3v) is 7.66. The predicted molar refractivity (Wildman–Crippen MR) is 129 cm³/mol. The molecule has 3 amide bonds. The highest BCUT2D eigenvalue weighted by Gasteiger charge is 2.49. The van der Waals surface area contributed by atoms with E-state index in [0.29, 0.717) is 19.6 Å². The molecule has 34 heavy (non-hydrogen) atoms. The number of amides is 3. The van der Waals surface area contributed by atoms with Crippen molar-refractivity contribution in [3.63, 3.8) is 0 Å². The number of likely N-dealkylation sites (tertiary alicyclic amines) is 1. The fourth-order valence-corrected chi connectivity index (χ4v) is 6.06. The Morgan fingerprint density at radius 3 is 2.59 bits per heavy atom. The summed E-state index contributed by atoms with van der Waals surface area (Å²) in [5.74, 6) is 1.65. The van der Waals surface area contributed by atoms with Gasteiger partial charge in [-0.25, -0.2) is 4.79 Å². The quantitative estimate of drug-likeness (QED) is 0.736. The fraction of sp³-hybridized carbons (Fsp3) is 0.481. The first kappa shape index (κ1) is 22.6. The van der Waals surface area contributed by atoms with Crippen molar-refractivity contribution in [1.29, 1.82) is 0 Å². The minimum absolute atomic E-state index is 0.0690. The standard InChI is InChI=1S/C27H33N3O4/c1-33-23-10-11-24(34-2)25-20(23)13-16-29-22(25)17-21-19(26(29)31)9-6-15-30(21)27(32)28-14-12-18-7-4-3-5-8-18/h3-5,7-8,10-11,19,21-22H,6,9,12-17H2,1-2H3,(H,28,32)/t19-,21-,22+/m1/s1. The number of carbonyl (C=O) groups excluding carboxylic acids is 2. The molecular formula is C27H33N3O4. The van der Waals surface area contributed by atoms with Crippen molar-refractivity contribution in [1.82, 2.24) is 15.1 Å². The van der Waals surface area contributed by atoms with Crippen LogP contribution in [0.15, 0.2) is 42.5 Å². The lowest BCUT2D eigenvalue weighted by atomic mass is 9.75. The van der Waals surface area contributed by atoms with E-state index >= 15 is 0 Å². The van der Waals surface area contributed by atoms with E-state index in [-0.39, 0.29) is 29.9 Å². The third kappa shape index (κ3) is 3.97. The molecule has 0 bridgehead atoms. The monoisotopic (exact) mass is 463 g/mol. The lowest BCUT2D eigenvalue weighted by Crippen LogP contribution is -2.61. The number of benzene rings is 2.